The van der Waals surface area contributed by atoms with E-state index in [-0.39, 0.29) is 18.4 Å². The molecule has 8 nitrogen and oxygen atoms in total. The van der Waals surface area contributed by atoms with Crippen molar-refractivity contribution in [1.82, 2.24) is 9.97 Å². The smallest absolute Gasteiger partial charge is 0.306 e. The van der Waals surface area contributed by atoms with Gasteiger partial charge in [-0.05, 0) is 24.3 Å². The van der Waals surface area contributed by atoms with Crippen LogP contribution in [0.3, 0.4) is 0 Å². The van der Waals surface area contributed by atoms with Crippen LogP contribution in [0, 0.1) is 0 Å². The van der Waals surface area contributed by atoms with E-state index < -0.39 is 18.5 Å². The van der Waals surface area contributed by atoms with Gasteiger partial charge < -0.3 is 19.8 Å². The maximum Gasteiger partial charge on any atom is 0.306 e. The molecule has 1 heterocycles. The van der Waals surface area contributed by atoms with Crippen molar-refractivity contribution in [2.75, 3.05) is 19.0 Å². The minimum Gasteiger partial charge on any atom is -0.497 e. The van der Waals surface area contributed by atoms with Crippen LogP contribution in [0.5, 0.6) is 5.75 Å². The largest absolute Gasteiger partial charge is 0.497 e. The van der Waals surface area contributed by atoms with E-state index in [0.29, 0.717) is 28.2 Å². The highest BCUT2D eigenvalue weighted by molar-refractivity contribution is 5.93. The molecule has 0 bridgehead atoms. The standard InChI is InChI=1S/C20H19N3O5/c1-27-14-6-4-5-13(11-14)21-18(24)12-28-19(25)10-9-17-22-16-8-3-2-7-15(16)20(26)23-17/h2-8,11H,9-10,12H2,1H3,(H,21,24)(H,22,23,26). The van der Waals surface area contributed by atoms with E-state index in [1.807, 2.05) is 0 Å². The molecule has 1 aromatic heterocycles. The number of H-pyrrole nitrogens is 1. The third-order valence-corrected chi connectivity index (χ3v) is 3.95. The van der Waals surface area contributed by atoms with Gasteiger partial charge in [0, 0.05) is 18.2 Å². The fourth-order valence-corrected chi connectivity index (χ4v) is 2.59. The van der Waals surface area contributed by atoms with Gasteiger partial charge in [-0.1, -0.05) is 18.2 Å². The number of rotatable bonds is 7. The Morgan fingerprint density at radius 2 is 1.96 bits per heavy atom. The number of aromatic amines is 1. The summed E-state index contributed by atoms with van der Waals surface area (Å²) in [5.74, 6) is -0.0244. The van der Waals surface area contributed by atoms with Crippen molar-refractivity contribution in [2.24, 2.45) is 0 Å². The Bertz CT molecular complexity index is 1060. The number of methoxy groups -OCH3 is 1. The van der Waals surface area contributed by atoms with Gasteiger partial charge in [-0.3, -0.25) is 14.4 Å². The maximum atomic E-state index is 12.0. The predicted molar refractivity (Wildman–Crippen MR) is 103 cm³/mol. The number of aromatic nitrogens is 2. The number of esters is 1. The Hall–Kier alpha value is -3.68. The molecule has 0 radical (unpaired) electrons. The maximum absolute atomic E-state index is 12.0. The first-order valence-corrected chi connectivity index (χ1v) is 8.62. The highest BCUT2D eigenvalue weighted by atomic mass is 16.5. The summed E-state index contributed by atoms with van der Waals surface area (Å²) >= 11 is 0. The summed E-state index contributed by atoms with van der Waals surface area (Å²) in [6.45, 7) is -0.405. The zero-order valence-corrected chi connectivity index (χ0v) is 15.2. The Morgan fingerprint density at radius 1 is 1.14 bits per heavy atom. The topological polar surface area (TPSA) is 110 Å². The van der Waals surface area contributed by atoms with Crippen molar-refractivity contribution >= 4 is 28.5 Å². The molecule has 2 N–H and O–H groups in total. The van der Waals surface area contributed by atoms with Gasteiger partial charge in [-0.2, -0.15) is 0 Å². The molecule has 0 saturated heterocycles. The Kier molecular flexibility index (Phi) is 6.01. The molecule has 8 heteroatoms. The molecule has 144 valence electrons. The SMILES string of the molecule is COc1cccc(NC(=O)COC(=O)CCc2nc3ccccc3c(=O)[nH]2)c1. The van der Waals surface area contributed by atoms with Crippen LogP contribution < -0.4 is 15.6 Å². The van der Waals surface area contributed by atoms with E-state index in [4.69, 9.17) is 9.47 Å². The van der Waals surface area contributed by atoms with Crippen molar-refractivity contribution in [1.29, 1.82) is 0 Å². The van der Waals surface area contributed by atoms with Crippen molar-refractivity contribution in [3.63, 3.8) is 0 Å². The summed E-state index contributed by atoms with van der Waals surface area (Å²) < 4.78 is 10.0. The fraction of sp³-hybridized carbons (Fsp3) is 0.200. The van der Waals surface area contributed by atoms with Crippen molar-refractivity contribution in [3.8, 4) is 5.75 Å². The van der Waals surface area contributed by atoms with E-state index in [2.05, 4.69) is 15.3 Å². The average molecular weight is 381 g/mol. The number of anilines is 1. The number of hydrogen-bond acceptors (Lipinski definition) is 6. The van der Waals surface area contributed by atoms with Crippen molar-refractivity contribution in [2.45, 2.75) is 12.8 Å². The normalized spacial score (nSPS) is 10.5. The molecule has 0 aliphatic carbocycles. The Balaban J connectivity index is 1.49. The van der Waals surface area contributed by atoms with Crippen LogP contribution in [0.15, 0.2) is 53.3 Å². The first kappa shape index (κ1) is 19.1. The third-order valence-electron chi connectivity index (χ3n) is 3.95. The number of amides is 1. The second kappa shape index (κ2) is 8.81. The number of nitrogens with one attached hydrogen (secondary N) is 2. The molecule has 0 unspecified atom stereocenters. The number of fused-ring (bicyclic) bond motifs is 1. The molecule has 0 fully saturated rings. The number of benzene rings is 2. The minimum atomic E-state index is -0.559. The van der Waals surface area contributed by atoms with E-state index in [9.17, 15) is 14.4 Å². The summed E-state index contributed by atoms with van der Waals surface area (Å²) in [7, 11) is 1.53. The average Bonchev–Trinajstić information content (AvgIpc) is 2.71. The van der Waals surface area contributed by atoms with Crippen LogP contribution in [0.4, 0.5) is 5.69 Å². The zero-order chi connectivity index (χ0) is 19.9. The van der Waals surface area contributed by atoms with Crippen LogP contribution in [-0.4, -0.2) is 35.6 Å². The van der Waals surface area contributed by atoms with E-state index in [1.54, 1.807) is 48.5 Å². The first-order valence-electron chi connectivity index (χ1n) is 8.62. The molecule has 3 aromatic rings. The summed E-state index contributed by atoms with van der Waals surface area (Å²) in [5, 5.41) is 3.11. The number of carbonyl (C=O) groups excluding carboxylic acids is 2. The Morgan fingerprint density at radius 3 is 2.79 bits per heavy atom. The molecule has 0 spiro atoms. The molecule has 0 saturated carbocycles. The van der Waals surface area contributed by atoms with Gasteiger partial charge in [0.2, 0.25) is 0 Å². The van der Waals surface area contributed by atoms with Gasteiger partial charge in [-0.15, -0.1) is 0 Å². The fourth-order valence-electron chi connectivity index (χ4n) is 2.59. The number of ether oxygens (including phenoxy) is 2. The lowest BCUT2D eigenvalue weighted by molar-refractivity contribution is -0.147. The summed E-state index contributed by atoms with van der Waals surface area (Å²) in [6, 6.07) is 13.8. The monoisotopic (exact) mass is 381 g/mol. The molecule has 3 rings (SSSR count). The second-order valence-corrected chi connectivity index (χ2v) is 5.97. The van der Waals surface area contributed by atoms with Crippen molar-refractivity contribution in [3.05, 3.63) is 64.7 Å². The number of carbonyl (C=O) groups is 2. The number of hydrogen-bond donors (Lipinski definition) is 2. The highest BCUT2D eigenvalue weighted by Crippen LogP contribution is 2.16. The lowest BCUT2D eigenvalue weighted by Gasteiger charge is -2.08. The summed E-state index contributed by atoms with van der Waals surface area (Å²) in [5.41, 5.74) is 0.845. The van der Waals surface area contributed by atoms with Crippen LogP contribution in [0.2, 0.25) is 0 Å². The third kappa shape index (κ3) is 4.94. The van der Waals surface area contributed by atoms with Gasteiger partial charge >= 0.3 is 5.97 Å². The minimum absolute atomic E-state index is 0.00623. The zero-order valence-electron chi connectivity index (χ0n) is 15.2. The van der Waals surface area contributed by atoms with Crippen LogP contribution in [-0.2, 0) is 20.7 Å². The van der Waals surface area contributed by atoms with E-state index in [1.165, 1.54) is 7.11 Å². The lowest BCUT2D eigenvalue weighted by Crippen LogP contribution is -2.21. The molecular weight excluding hydrogens is 362 g/mol. The molecule has 0 atom stereocenters. The van der Waals surface area contributed by atoms with Gasteiger partial charge in [0.15, 0.2) is 6.61 Å². The van der Waals surface area contributed by atoms with Gasteiger partial charge in [0.25, 0.3) is 11.5 Å². The quantitative estimate of drug-likeness (QED) is 0.606. The van der Waals surface area contributed by atoms with Gasteiger partial charge in [0.1, 0.15) is 11.6 Å². The van der Waals surface area contributed by atoms with Gasteiger partial charge in [-0.25, -0.2) is 4.98 Å². The molecule has 28 heavy (non-hydrogen) atoms. The van der Waals surface area contributed by atoms with E-state index >= 15 is 0 Å². The molecule has 0 aliphatic heterocycles. The lowest BCUT2D eigenvalue weighted by atomic mass is 10.2. The summed E-state index contributed by atoms with van der Waals surface area (Å²) in [6.07, 6.45) is 0.199. The number of nitrogens with zero attached hydrogens (tertiary/aromatic N) is 1. The van der Waals surface area contributed by atoms with Crippen LogP contribution >= 0.6 is 0 Å². The van der Waals surface area contributed by atoms with Crippen LogP contribution in [0.1, 0.15) is 12.2 Å². The van der Waals surface area contributed by atoms with Crippen LogP contribution in [0.25, 0.3) is 10.9 Å². The molecular formula is C20H19N3O5. The van der Waals surface area contributed by atoms with E-state index in [0.717, 1.165) is 0 Å². The number of para-hydroxylation sites is 1. The number of aryl methyl sites for hydroxylation is 1. The molecule has 0 aliphatic rings. The first-order chi connectivity index (χ1) is 13.5. The Labute approximate surface area is 160 Å². The molecule has 2 aromatic carbocycles. The van der Waals surface area contributed by atoms with Crippen molar-refractivity contribution < 1.29 is 19.1 Å². The molecule has 1 amide bonds. The second-order valence-electron chi connectivity index (χ2n) is 5.97. The summed E-state index contributed by atoms with van der Waals surface area (Å²) in [4.78, 5) is 42.7. The van der Waals surface area contributed by atoms with Gasteiger partial charge in [0.05, 0.1) is 24.4 Å². The highest BCUT2D eigenvalue weighted by Gasteiger charge is 2.10. The predicted octanol–water partition coefficient (Wildman–Crippen LogP) is 2.05.